The molecule has 3 N–H and O–H groups in total. The van der Waals surface area contributed by atoms with Gasteiger partial charge < -0.3 is 25.0 Å². The second-order valence-corrected chi connectivity index (χ2v) is 10.6. The largest absolute Gasteiger partial charge is 0.459 e. The monoisotopic (exact) mass is 429 g/mol. The van der Waals surface area contributed by atoms with Crippen molar-refractivity contribution in [3.8, 4) is 0 Å². The number of nitrogens with zero attached hydrogens (tertiary/aromatic N) is 1. The van der Waals surface area contributed by atoms with Crippen molar-refractivity contribution < 1.29 is 24.9 Å². The van der Waals surface area contributed by atoms with E-state index in [-0.39, 0.29) is 35.7 Å². The minimum atomic E-state index is -1.15. The van der Waals surface area contributed by atoms with Crippen molar-refractivity contribution in [2.75, 3.05) is 13.6 Å². The molecular weight excluding hydrogens is 382 g/mol. The smallest absolute Gasteiger partial charge is 0.309 e. The van der Waals surface area contributed by atoms with Gasteiger partial charge in [-0.2, -0.15) is 0 Å². The third kappa shape index (κ3) is 7.18. The van der Waals surface area contributed by atoms with Gasteiger partial charge in [0, 0.05) is 12.6 Å². The Morgan fingerprint density at radius 2 is 1.70 bits per heavy atom. The van der Waals surface area contributed by atoms with Crippen LogP contribution in [0.2, 0.25) is 0 Å². The van der Waals surface area contributed by atoms with Gasteiger partial charge in [-0.3, -0.25) is 4.79 Å². The van der Waals surface area contributed by atoms with Gasteiger partial charge in [0.15, 0.2) is 0 Å². The average Bonchev–Trinajstić information content (AvgIpc) is 2.66. The summed E-state index contributed by atoms with van der Waals surface area (Å²) in [6.07, 6.45) is -1.26. The molecule has 178 valence electrons. The molecule has 6 nitrogen and oxygen atoms in total. The maximum atomic E-state index is 12.8. The average molecular weight is 430 g/mol. The predicted octanol–water partition coefficient (Wildman–Crippen LogP) is 3.08. The Hall–Kier alpha value is -0.690. The molecule has 1 fully saturated rings. The molecule has 0 aromatic heterocycles. The summed E-state index contributed by atoms with van der Waals surface area (Å²) < 4.78 is 5.65. The number of esters is 1. The first-order chi connectivity index (χ1) is 13.7. The highest BCUT2D eigenvalue weighted by Crippen LogP contribution is 2.34. The summed E-state index contributed by atoms with van der Waals surface area (Å²) in [5.41, 5.74) is -0.847. The molecule has 1 aliphatic rings. The van der Waals surface area contributed by atoms with Crippen LogP contribution in [0.3, 0.4) is 0 Å². The number of ether oxygens (including phenoxy) is 1. The van der Waals surface area contributed by atoms with E-state index in [2.05, 4.69) is 20.8 Å². The lowest BCUT2D eigenvalue weighted by molar-refractivity contribution is -0.169. The van der Waals surface area contributed by atoms with Crippen LogP contribution in [0.15, 0.2) is 0 Å². The molecule has 1 rings (SSSR count). The molecule has 0 amide bonds. The van der Waals surface area contributed by atoms with Crippen LogP contribution in [0.1, 0.15) is 74.7 Å². The molecule has 0 saturated carbocycles. The SMILES string of the molecule is CCC1OC(=O)C(C)C(C)C(C)CC(C)(O)CC(C(C)C)CN(C)C(C)C(O)C1O. The Kier molecular flexibility index (Phi) is 10.3. The van der Waals surface area contributed by atoms with Crippen LogP contribution in [0.4, 0.5) is 0 Å². The number of hydrogen-bond acceptors (Lipinski definition) is 6. The number of hydrogen-bond donors (Lipinski definition) is 3. The van der Waals surface area contributed by atoms with Crippen LogP contribution in [0, 0.1) is 29.6 Å². The van der Waals surface area contributed by atoms with Crippen molar-refractivity contribution in [2.24, 2.45) is 29.6 Å². The summed E-state index contributed by atoms with van der Waals surface area (Å²) >= 11 is 0. The van der Waals surface area contributed by atoms with E-state index < -0.39 is 23.9 Å². The van der Waals surface area contributed by atoms with E-state index in [9.17, 15) is 20.1 Å². The third-order valence-electron chi connectivity index (χ3n) is 7.58. The number of carbonyl (C=O) groups excluding carboxylic acids is 1. The summed E-state index contributed by atoms with van der Waals surface area (Å²) in [4.78, 5) is 14.8. The van der Waals surface area contributed by atoms with Gasteiger partial charge >= 0.3 is 5.97 Å². The standard InChI is InChI=1S/C24H47NO5/c1-10-20-22(27)21(26)18(7)25(9)13-19(14(2)3)12-24(8,29)11-15(4)16(5)17(6)23(28)30-20/h14-22,26-27,29H,10-13H2,1-9H3. The molecular formula is C24H47NO5. The minimum absolute atomic E-state index is 0.0211. The summed E-state index contributed by atoms with van der Waals surface area (Å²) in [6.45, 7) is 16.6. The van der Waals surface area contributed by atoms with Crippen molar-refractivity contribution in [1.82, 2.24) is 4.90 Å². The Labute approximate surface area is 184 Å². The quantitative estimate of drug-likeness (QED) is 0.585. The van der Waals surface area contributed by atoms with Crippen LogP contribution in [0.5, 0.6) is 0 Å². The number of rotatable bonds is 2. The highest BCUT2D eigenvalue weighted by molar-refractivity contribution is 5.72. The molecule has 1 aliphatic heterocycles. The van der Waals surface area contributed by atoms with E-state index in [1.165, 1.54) is 0 Å². The molecule has 0 aromatic rings. The van der Waals surface area contributed by atoms with E-state index in [0.717, 1.165) is 0 Å². The van der Waals surface area contributed by atoms with Gasteiger partial charge in [-0.25, -0.2) is 0 Å². The minimum Gasteiger partial charge on any atom is -0.459 e. The normalized spacial score (nSPS) is 43.7. The maximum absolute atomic E-state index is 12.8. The topological polar surface area (TPSA) is 90.2 Å². The number of aliphatic hydroxyl groups is 3. The first-order valence-electron chi connectivity index (χ1n) is 11.7. The molecule has 0 radical (unpaired) electrons. The van der Waals surface area contributed by atoms with E-state index in [1.807, 2.05) is 46.6 Å². The van der Waals surface area contributed by atoms with Crippen molar-refractivity contribution in [3.63, 3.8) is 0 Å². The van der Waals surface area contributed by atoms with Gasteiger partial charge in [-0.05, 0) is 63.8 Å². The molecule has 9 atom stereocenters. The number of likely N-dealkylation sites (N-methyl/N-ethyl adjacent to an activating group) is 1. The Morgan fingerprint density at radius 1 is 1.13 bits per heavy atom. The predicted molar refractivity (Wildman–Crippen MR) is 120 cm³/mol. The van der Waals surface area contributed by atoms with Gasteiger partial charge in [0.05, 0.1) is 17.6 Å². The second kappa shape index (κ2) is 11.3. The zero-order chi connectivity index (χ0) is 23.4. The second-order valence-electron chi connectivity index (χ2n) is 10.6. The van der Waals surface area contributed by atoms with Gasteiger partial charge in [0.25, 0.3) is 0 Å². The molecule has 1 heterocycles. The van der Waals surface area contributed by atoms with Crippen LogP contribution in [-0.2, 0) is 9.53 Å². The molecule has 30 heavy (non-hydrogen) atoms. The van der Waals surface area contributed by atoms with E-state index in [1.54, 1.807) is 0 Å². The highest BCUT2D eigenvalue weighted by Gasteiger charge is 2.38. The van der Waals surface area contributed by atoms with E-state index in [4.69, 9.17) is 4.74 Å². The molecule has 9 unspecified atom stereocenters. The molecule has 0 bridgehead atoms. The Bertz CT molecular complexity index is 538. The first kappa shape index (κ1) is 27.3. The number of aliphatic hydroxyl groups excluding tert-OH is 2. The van der Waals surface area contributed by atoms with Gasteiger partial charge in [0.2, 0.25) is 0 Å². The van der Waals surface area contributed by atoms with E-state index >= 15 is 0 Å². The Morgan fingerprint density at radius 3 is 2.20 bits per heavy atom. The van der Waals surface area contributed by atoms with Crippen molar-refractivity contribution in [3.05, 3.63) is 0 Å². The lowest BCUT2D eigenvalue weighted by atomic mass is 9.75. The van der Waals surface area contributed by atoms with Gasteiger partial charge in [-0.15, -0.1) is 0 Å². The van der Waals surface area contributed by atoms with E-state index in [0.29, 0.717) is 31.7 Å². The van der Waals surface area contributed by atoms with Crippen LogP contribution in [0.25, 0.3) is 0 Å². The molecule has 0 aliphatic carbocycles. The molecule has 6 heteroatoms. The van der Waals surface area contributed by atoms with Crippen LogP contribution >= 0.6 is 0 Å². The third-order valence-corrected chi connectivity index (χ3v) is 7.58. The maximum Gasteiger partial charge on any atom is 0.309 e. The molecule has 0 spiro atoms. The van der Waals surface area contributed by atoms with Crippen molar-refractivity contribution in [2.45, 2.75) is 105 Å². The highest BCUT2D eigenvalue weighted by atomic mass is 16.6. The van der Waals surface area contributed by atoms with Gasteiger partial charge in [0.1, 0.15) is 12.2 Å². The number of cyclic esters (lactones) is 1. The first-order valence-corrected chi connectivity index (χ1v) is 11.7. The number of carbonyl (C=O) groups is 1. The molecule has 0 aromatic carbocycles. The van der Waals surface area contributed by atoms with Crippen molar-refractivity contribution in [1.29, 1.82) is 0 Å². The fourth-order valence-corrected chi connectivity index (χ4v) is 4.70. The lowest BCUT2D eigenvalue weighted by Gasteiger charge is -2.38. The Balaban J connectivity index is 3.28. The summed E-state index contributed by atoms with van der Waals surface area (Å²) in [5, 5.41) is 32.8. The summed E-state index contributed by atoms with van der Waals surface area (Å²) in [7, 11) is 1.93. The summed E-state index contributed by atoms with van der Waals surface area (Å²) in [6, 6.07) is -0.320. The fourth-order valence-electron chi connectivity index (χ4n) is 4.70. The fraction of sp³-hybridized carbons (Fsp3) is 0.958. The van der Waals surface area contributed by atoms with Crippen molar-refractivity contribution >= 4 is 5.97 Å². The van der Waals surface area contributed by atoms with Crippen LogP contribution < -0.4 is 0 Å². The zero-order valence-corrected chi connectivity index (χ0v) is 20.6. The summed E-state index contributed by atoms with van der Waals surface area (Å²) in [5.74, 6) is 0.0365. The zero-order valence-electron chi connectivity index (χ0n) is 20.6. The lowest BCUT2D eigenvalue weighted by Crippen LogP contribution is -2.51. The molecule has 1 saturated heterocycles. The van der Waals surface area contributed by atoms with Gasteiger partial charge in [-0.1, -0.05) is 41.5 Å². The van der Waals surface area contributed by atoms with Crippen LogP contribution in [-0.4, -0.2) is 69.7 Å².